The third kappa shape index (κ3) is 6.83. The van der Waals surface area contributed by atoms with Crippen molar-refractivity contribution in [3.63, 3.8) is 0 Å². The minimum Gasteiger partial charge on any atom is -0.497 e. The van der Waals surface area contributed by atoms with E-state index in [1.54, 1.807) is 7.11 Å². The van der Waals surface area contributed by atoms with Crippen LogP contribution in [0.2, 0.25) is 0 Å². The lowest BCUT2D eigenvalue weighted by atomic mass is 10.1. The van der Waals surface area contributed by atoms with Crippen LogP contribution in [0.3, 0.4) is 0 Å². The van der Waals surface area contributed by atoms with E-state index in [0.717, 1.165) is 58.7 Å². The molecule has 0 atom stereocenters. The molecule has 1 aliphatic carbocycles. The van der Waals surface area contributed by atoms with Gasteiger partial charge in [0.15, 0.2) is 0 Å². The molecule has 1 saturated carbocycles. The zero-order chi connectivity index (χ0) is 24.6. The molecule has 3 aromatic carbocycles. The summed E-state index contributed by atoms with van der Waals surface area (Å²) < 4.78 is 10.7. The number of benzene rings is 3. The highest BCUT2D eigenvalue weighted by atomic mass is 16.5. The highest BCUT2D eigenvalue weighted by Crippen LogP contribution is 2.30. The Morgan fingerprint density at radius 1 is 1.00 bits per heavy atom. The smallest absolute Gasteiger partial charge is 0.227 e. The standard InChI is InChI=1S/C17H19N3O.C11H13NO2/c1-20(2)11-12-21-14-9-7-13(8-10-14)17-15-5-3-4-6-16(15)18-19-17;1-14-10-6-4-9(5-7-10)12-11(13)8-2-3-8/h3-10H,11-12H2,1-2H3,(H,18,19);4-8H,2-3H2,1H3,(H,12,13). The number of hydrogen-bond donors (Lipinski definition) is 2. The average Bonchev–Trinajstić information content (AvgIpc) is 3.65. The molecule has 7 heteroatoms. The van der Waals surface area contributed by atoms with E-state index in [1.807, 2.05) is 80.8 Å². The number of fused-ring (bicyclic) bond motifs is 1. The lowest BCUT2D eigenvalue weighted by Crippen LogP contribution is -2.19. The molecular weight excluding hydrogens is 440 g/mol. The molecule has 0 spiro atoms. The largest absolute Gasteiger partial charge is 0.497 e. The van der Waals surface area contributed by atoms with Crippen LogP contribution in [0.5, 0.6) is 11.5 Å². The number of aromatic nitrogens is 2. The summed E-state index contributed by atoms with van der Waals surface area (Å²) in [5.41, 5.74) is 3.96. The second-order valence-corrected chi connectivity index (χ2v) is 8.79. The van der Waals surface area contributed by atoms with Crippen molar-refractivity contribution in [1.29, 1.82) is 0 Å². The maximum absolute atomic E-state index is 11.4. The van der Waals surface area contributed by atoms with Gasteiger partial charge in [0.05, 0.1) is 18.3 Å². The van der Waals surface area contributed by atoms with Crippen molar-refractivity contribution in [3.8, 4) is 22.8 Å². The van der Waals surface area contributed by atoms with Crippen molar-refractivity contribution in [3.05, 3.63) is 72.8 Å². The zero-order valence-electron chi connectivity index (χ0n) is 20.5. The van der Waals surface area contributed by atoms with E-state index < -0.39 is 0 Å². The first-order chi connectivity index (χ1) is 17.0. The quantitative estimate of drug-likeness (QED) is 0.368. The molecule has 7 nitrogen and oxygen atoms in total. The van der Waals surface area contributed by atoms with Crippen LogP contribution in [-0.4, -0.2) is 55.4 Å². The van der Waals surface area contributed by atoms with Crippen LogP contribution < -0.4 is 14.8 Å². The predicted octanol–water partition coefficient (Wildman–Crippen LogP) is 5.21. The number of rotatable bonds is 8. The van der Waals surface area contributed by atoms with E-state index in [0.29, 0.717) is 6.61 Å². The van der Waals surface area contributed by atoms with Crippen molar-refractivity contribution >= 4 is 22.5 Å². The summed E-state index contributed by atoms with van der Waals surface area (Å²) in [6.45, 7) is 1.60. The first kappa shape index (κ1) is 24.3. The van der Waals surface area contributed by atoms with Crippen LogP contribution in [-0.2, 0) is 4.79 Å². The maximum atomic E-state index is 11.4. The molecular formula is C28H32N4O3. The van der Waals surface area contributed by atoms with Crippen LogP contribution in [0.15, 0.2) is 72.8 Å². The van der Waals surface area contributed by atoms with Gasteiger partial charge < -0.3 is 19.7 Å². The van der Waals surface area contributed by atoms with Gasteiger partial charge in [0, 0.05) is 29.1 Å². The molecule has 1 aliphatic rings. The van der Waals surface area contributed by atoms with Crippen molar-refractivity contribution in [2.75, 3.05) is 39.7 Å². The van der Waals surface area contributed by atoms with Crippen molar-refractivity contribution < 1.29 is 14.3 Å². The van der Waals surface area contributed by atoms with Gasteiger partial charge in [0.2, 0.25) is 5.91 Å². The van der Waals surface area contributed by atoms with Gasteiger partial charge in [-0.3, -0.25) is 9.89 Å². The van der Waals surface area contributed by atoms with Crippen molar-refractivity contribution in [2.45, 2.75) is 12.8 Å². The number of nitrogens with zero attached hydrogens (tertiary/aromatic N) is 2. The highest BCUT2D eigenvalue weighted by Gasteiger charge is 2.29. The van der Waals surface area contributed by atoms with E-state index in [4.69, 9.17) is 9.47 Å². The fourth-order valence-electron chi connectivity index (χ4n) is 3.50. The lowest BCUT2D eigenvalue weighted by molar-refractivity contribution is -0.117. The van der Waals surface area contributed by atoms with Gasteiger partial charge in [-0.2, -0.15) is 5.10 Å². The Morgan fingerprint density at radius 2 is 1.69 bits per heavy atom. The number of anilines is 1. The summed E-state index contributed by atoms with van der Waals surface area (Å²) in [4.78, 5) is 13.5. The Morgan fingerprint density at radius 3 is 2.34 bits per heavy atom. The molecule has 1 amide bonds. The van der Waals surface area contributed by atoms with E-state index in [9.17, 15) is 4.79 Å². The summed E-state index contributed by atoms with van der Waals surface area (Å²) >= 11 is 0. The molecule has 2 N–H and O–H groups in total. The molecule has 0 aliphatic heterocycles. The molecule has 0 bridgehead atoms. The molecule has 0 saturated heterocycles. The minimum absolute atomic E-state index is 0.134. The van der Waals surface area contributed by atoms with Gasteiger partial charge in [-0.25, -0.2) is 0 Å². The number of ether oxygens (including phenoxy) is 2. The number of methoxy groups -OCH3 is 1. The molecule has 1 heterocycles. The number of amides is 1. The zero-order valence-corrected chi connectivity index (χ0v) is 20.5. The normalized spacial score (nSPS) is 12.7. The van der Waals surface area contributed by atoms with Crippen molar-refractivity contribution in [2.24, 2.45) is 5.92 Å². The second kappa shape index (κ2) is 11.5. The molecule has 1 fully saturated rings. The Labute approximate surface area is 206 Å². The minimum atomic E-state index is 0.134. The van der Waals surface area contributed by atoms with Gasteiger partial charge in [0.1, 0.15) is 18.1 Å². The van der Waals surface area contributed by atoms with E-state index in [-0.39, 0.29) is 11.8 Å². The van der Waals surface area contributed by atoms with E-state index in [1.165, 1.54) is 0 Å². The lowest BCUT2D eigenvalue weighted by Gasteiger charge is -2.11. The highest BCUT2D eigenvalue weighted by molar-refractivity contribution is 5.94. The fraction of sp³-hybridized carbons (Fsp3) is 0.286. The number of H-pyrrole nitrogens is 1. The monoisotopic (exact) mass is 472 g/mol. The predicted molar refractivity (Wildman–Crippen MR) is 140 cm³/mol. The Kier molecular flexibility index (Phi) is 8.00. The Balaban J connectivity index is 0.000000179. The maximum Gasteiger partial charge on any atom is 0.227 e. The molecule has 35 heavy (non-hydrogen) atoms. The molecule has 182 valence electrons. The van der Waals surface area contributed by atoms with Gasteiger partial charge in [-0.1, -0.05) is 18.2 Å². The van der Waals surface area contributed by atoms with Crippen LogP contribution >= 0.6 is 0 Å². The SMILES string of the molecule is CN(C)CCOc1ccc(-c2n[nH]c3ccccc23)cc1.COc1ccc(NC(=O)C2CC2)cc1. The van der Waals surface area contributed by atoms with Gasteiger partial charge in [-0.15, -0.1) is 0 Å². The van der Waals surface area contributed by atoms with E-state index >= 15 is 0 Å². The van der Waals surface area contributed by atoms with Crippen LogP contribution in [0.25, 0.3) is 22.2 Å². The second-order valence-electron chi connectivity index (χ2n) is 8.79. The number of likely N-dealkylation sites (N-methyl/N-ethyl adjacent to an activating group) is 1. The third-order valence-electron chi connectivity index (χ3n) is 5.71. The number of nitrogens with one attached hydrogen (secondary N) is 2. The molecule has 1 aromatic heterocycles. The molecule has 0 radical (unpaired) electrons. The fourth-order valence-corrected chi connectivity index (χ4v) is 3.50. The molecule has 0 unspecified atom stereocenters. The number of aromatic amines is 1. The first-order valence-corrected chi connectivity index (χ1v) is 11.8. The van der Waals surface area contributed by atoms with Gasteiger partial charge in [0.25, 0.3) is 0 Å². The number of para-hydroxylation sites is 1. The summed E-state index contributed by atoms with van der Waals surface area (Å²) in [6.07, 6.45) is 2.06. The molecule has 4 aromatic rings. The van der Waals surface area contributed by atoms with E-state index in [2.05, 4.69) is 26.5 Å². The van der Waals surface area contributed by atoms with Crippen molar-refractivity contribution in [1.82, 2.24) is 15.1 Å². The first-order valence-electron chi connectivity index (χ1n) is 11.8. The average molecular weight is 473 g/mol. The van der Waals surface area contributed by atoms with Gasteiger partial charge >= 0.3 is 0 Å². The van der Waals surface area contributed by atoms with Gasteiger partial charge in [-0.05, 0) is 81.5 Å². The third-order valence-corrected chi connectivity index (χ3v) is 5.71. The summed E-state index contributed by atoms with van der Waals surface area (Å²) in [6, 6.07) is 23.6. The Hall–Kier alpha value is -3.84. The van der Waals surface area contributed by atoms with Crippen LogP contribution in [0.4, 0.5) is 5.69 Å². The topological polar surface area (TPSA) is 79.5 Å². The number of carbonyl (C=O) groups excluding carboxylic acids is 1. The van der Waals surface area contributed by atoms with Crippen LogP contribution in [0.1, 0.15) is 12.8 Å². The number of carbonyl (C=O) groups is 1. The number of hydrogen-bond acceptors (Lipinski definition) is 5. The Bertz CT molecular complexity index is 1230. The summed E-state index contributed by atoms with van der Waals surface area (Å²) in [7, 11) is 5.70. The molecule has 5 rings (SSSR count). The summed E-state index contributed by atoms with van der Waals surface area (Å²) in [5, 5.41) is 11.5. The summed E-state index contributed by atoms with van der Waals surface area (Å²) in [5.74, 6) is 2.07. The van der Waals surface area contributed by atoms with Crippen LogP contribution in [0, 0.1) is 5.92 Å².